The first-order valence-electron chi connectivity index (χ1n) is 6.64. The minimum absolute atomic E-state index is 0.00569. The number of hydrogen-bond donors (Lipinski definition) is 1. The fraction of sp³-hybridized carbons (Fsp3) is 0.643. The monoisotopic (exact) mass is 335 g/mol. The van der Waals surface area contributed by atoms with E-state index in [2.05, 4.69) is 38.8 Å². The highest BCUT2D eigenvalue weighted by Crippen LogP contribution is 2.37. The molecule has 0 aliphatic carbocycles. The van der Waals surface area contributed by atoms with Gasteiger partial charge in [0.05, 0.1) is 11.6 Å². The van der Waals surface area contributed by atoms with Crippen molar-refractivity contribution in [2.45, 2.75) is 44.8 Å². The zero-order chi connectivity index (χ0) is 15.6. The second kappa shape index (κ2) is 6.75. The summed E-state index contributed by atoms with van der Waals surface area (Å²) in [6.45, 7) is 11.4. The highest BCUT2D eigenvalue weighted by molar-refractivity contribution is 6.74. The third-order valence-corrected chi connectivity index (χ3v) is 9.15. The third kappa shape index (κ3) is 4.43. The van der Waals surface area contributed by atoms with Crippen LogP contribution in [0.1, 0.15) is 32.3 Å². The predicted molar refractivity (Wildman–Crippen MR) is 87.2 cm³/mol. The molecule has 0 aliphatic rings. The van der Waals surface area contributed by atoms with Crippen LogP contribution in [0.5, 0.6) is 0 Å². The summed E-state index contributed by atoms with van der Waals surface area (Å²) in [6, 6.07) is 1.74. The predicted octanol–water partition coefficient (Wildman–Crippen LogP) is 4.49. The van der Waals surface area contributed by atoms with E-state index in [0.29, 0.717) is 11.6 Å². The topological polar surface area (TPSA) is 42.4 Å². The molecule has 1 aromatic rings. The van der Waals surface area contributed by atoms with Crippen molar-refractivity contribution in [1.29, 1.82) is 0 Å². The lowest BCUT2D eigenvalue weighted by atomic mass is 10.0. The third-order valence-electron chi connectivity index (χ3n) is 3.96. The van der Waals surface area contributed by atoms with Crippen molar-refractivity contribution in [3.05, 3.63) is 28.0 Å². The van der Waals surface area contributed by atoms with Crippen LogP contribution in [0.15, 0.2) is 12.3 Å². The Morgan fingerprint density at radius 3 is 2.40 bits per heavy atom. The molecule has 0 fully saturated rings. The normalized spacial score (nSPS) is 14.4. The summed E-state index contributed by atoms with van der Waals surface area (Å²) < 4.78 is 6.15. The molecule has 1 rings (SSSR count). The van der Waals surface area contributed by atoms with E-state index in [1.807, 2.05) is 0 Å². The molecule has 6 heteroatoms. The quantitative estimate of drug-likeness (QED) is 0.636. The summed E-state index contributed by atoms with van der Waals surface area (Å²) in [4.78, 5) is 4.02. The van der Waals surface area contributed by atoms with Crippen LogP contribution in [0.3, 0.4) is 0 Å². The largest absolute Gasteiger partial charge is 0.416 e. The lowest BCUT2D eigenvalue weighted by molar-refractivity contribution is 0.194. The van der Waals surface area contributed by atoms with Gasteiger partial charge >= 0.3 is 0 Å². The van der Waals surface area contributed by atoms with Gasteiger partial charge in [-0.05, 0) is 29.8 Å². The fourth-order valence-electron chi connectivity index (χ4n) is 1.44. The number of aromatic nitrogens is 1. The molecule has 0 saturated heterocycles. The van der Waals surface area contributed by atoms with Gasteiger partial charge in [0.2, 0.25) is 0 Å². The first kappa shape index (κ1) is 17.9. The molecule has 0 aromatic carbocycles. The first-order chi connectivity index (χ1) is 9.08. The van der Waals surface area contributed by atoms with E-state index in [1.54, 1.807) is 12.3 Å². The van der Waals surface area contributed by atoms with Gasteiger partial charge in [0, 0.05) is 18.7 Å². The van der Waals surface area contributed by atoms with Crippen LogP contribution < -0.4 is 0 Å². The van der Waals surface area contributed by atoms with Crippen LogP contribution in [-0.4, -0.2) is 31.6 Å². The van der Waals surface area contributed by atoms with Gasteiger partial charge in [-0.15, -0.1) is 0 Å². The molecule has 1 heterocycles. The van der Waals surface area contributed by atoms with Crippen molar-refractivity contribution < 1.29 is 9.53 Å². The maximum Gasteiger partial charge on any atom is 0.192 e. The molecule has 0 radical (unpaired) electrons. The summed E-state index contributed by atoms with van der Waals surface area (Å²) >= 11 is 11.8. The Kier molecular flexibility index (Phi) is 6.05. The molecule has 114 valence electrons. The maximum absolute atomic E-state index is 9.57. The summed E-state index contributed by atoms with van der Waals surface area (Å²) in [5.74, 6) is -0.133. The highest BCUT2D eigenvalue weighted by atomic mass is 35.5. The number of nitrogens with zero attached hydrogens (tertiary/aromatic N) is 1. The molecule has 1 atom stereocenters. The van der Waals surface area contributed by atoms with Crippen molar-refractivity contribution in [3.63, 3.8) is 0 Å². The number of hydrogen-bond acceptors (Lipinski definition) is 3. The van der Waals surface area contributed by atoms with Crippen molar-refractivity contribution >= 4 is 31.5 Å². The van der Waals surface area contributed by atoms with Gasteiger partial charge < -0.3 is 9.53 Å². The number of pyridine rings is 1. The first-order valence-corrected chi connectivity index (χ1v) is 10.3. The van der Waals surface area contributed by atoms with Gasteiger partial charge in [-0.1, -0.05) is 44.0 Å². The lowest BCUT2D eigenvalue weighted by Gasteiger charge is -2.37. The molecule has 0 spiro atoms. The van der Waals surface area contributed by atoms with Crippen LogP contribution in [0, 0.1) is 0 Å². The molecular formula is C14H23Cl2NO2Si. The average Bonchev–Trinajstić information content (AvgIpc) is 2.32. The Morgan fingerprint density at radius 1 is 1.35 bits per heavy atom. The number of halogens is 2. The molecular weight excluding hydrogens is 313 g/mol. The van der Waals surface area contributed by atoms with Crippen LogP contribution >= 0.6 is 23.2 Å². The number of rotatable bonds is 5. The van der Waals surface area contributed by atoms with E-state index in [9.17, 15) is 5.11 Å². The molecule has 1 aromatic heterocycles. The van der Waals surface area contributed by atoms with Gasteiger partial charge in [-0.2, -0.15) is 0 Å². The molecule has 0 amide bonds. The van der Waals surface area contributed by atoms with E-state index in [4.69, 9.17) is 27.6 Å². The van der Waals surface area contributed by atoms with Crippen LogP contribution in [0.25, 0.3) is 0 Å². The number of aliphatic hydroxyl groups is 1. The molecule has 1 unspecified atom stereocenters. The van der Waals surface area contributed by atoms with Gasteiger partial charge in [-0.25, -0.2) is 4.98 Å². The zero-order valence-corrected chi connectivity index (χ0v) is 15.2. The average molecular weight is 336 g/mol. The molecule has 3 nitrogen and oxygen atoms in total. The molecule has 0 saturated carbocycles. The second-order valence-corrected chi connectivity index (χ2v) is 12.1. The second-order valence-electron chi connectivity index (χ2n) is 6.49. The zero-order valence-electron chi connectivity index (χ0n) is 12.7. The smallest absolute Gasteiger partial charge is 0.192 e. The van der Waals surface area contributed by atoms with E-state index >= 15 is 0 Å². The summed E-state index contributed by atoms with van der Waals surface area (Å²) in [5.41, 5.74) is 0.848. The summed E-state index contributed by atoms with van der Waals surface area (Å²) in [6.07, 6.45) is 1.64. The molecule has 20 heavy (non-hydrogen) atoms. The fourth-order valence-corrected chi connectivity index (χ4v) is 2.77. The molecule has 0 aliphatic heterocycles. The van der Waals surface area contributed by atoms with E-state index in [0.717, 1.165) is 5.56 Å². The molecule has 1 N–H and O–H groups in total. The maximum atomic E-state index is 9.57. The highest BCUT2D eigenvalue weighted by Gasteiger charge is 2.37. The van der Waals surface area contributed by atoms with Crippen LogP contribution in [-0.2, 0) is 4.43 Å². The Bertz CT molecular complexity index is 461. The van der Waals surface area contributed by atoms with Crippen molar-refractivity contribution in [3.8, 4) is 0 Å². The Labute approximate surface area is 132 Å². The van der Waals surface area contributed by atoms with Crippen molar-refractivity contribution in [2.75, 3.05) is 13.2 Å². The van der Waals surface area contributed by atoms with Gasteiger partial charge in [0.1, 0.15) is 5.15 Å². The Hall–Kier alpha value is -0.133. The number of aliphatic hydroxyl groups excluding tert-OH is 1. The van der Waals surface area contributed by atoms with Crippen molar-refractivity contribution in [2.24, 2.45) is 0 Å². The van der Waals surface area contributed by atoms with Gasteiger partial charge in [-0.3, -0.25) is 0 Å². The summed E-state index contributed by atoms with van der Waals surface area (Å²) in [5, 5.41) is 10.4. The van der Waals surface area contributed by atoms with E-state index in [1.165, 1.54) is 0 Å². The lowest BCUT2D eigenvalue weighted by Crippen LogP contribution is -2.42. The van der Waals surface area contributed by atoms with E-state index in [-0.39, 0.29) is 22.7 Å². The van der Waals surface area contributed by atoms with Crippen LogP contribution in [0.4, 0.5) is 0 Å². The SMILES string of the molecule is CC(C)(C)[Si](C)(C)OCC(CO)c1cnc(Cl)c(Cl)c1. The standard InChI is InChI=1S/C14H23Cl2NO2Si/c1-14(2,3)20(4,5)19-9-11(8-18)10-6-12(15)13(16)17-7-10/h6-7,11,18H,8-9H2,1-5H3. The molecule has 0 bridgehead atoms. The Morgan fingerprint density at radius 2 is 1.95 bits per heavy atom. The van der Waals surface area contributed by atoms with E-state index < -0.39 is 8.32 Å². The Balaban J connectivity index is 2.80. The minimum Gasteiger partial charge on any atom is -0.416 e. The van der Waals surface area contributed by atoms with Crippen LogP contribution in [0.2, 0.25) is 28.3 Å². The van der Waals surface area contributed by atoms with Gasteiger partial charge in [0.25, 0.3) is 0 Å². The summed E-state index contributed by atoms with van der Waals surface area (Å²) in [7, 11) is -1.83. The van der Waals surface area contributed by atoms with Gasteiger partial charge in [0.15, 0.2) is 8.32 Å². The minimum atomic E-state index is -1.83. The van der Waals surface area contributed by atoms with Crippen molar-refractivity contribution in [1.82, 2.24) is 4.98 Å².